The van der Waals surface area contributed by atoms with E-state index in [0.717, 1.165) is 12.3 Å². The molecule has 1 aliphatic heterocycles. The normalized spacial score (nSPS) is 30.6. The van der Waals surface area contributed by atoms with Crippen LogP contribution < -0.4 is 0 Å². The van der Waals surface area contributed by atoms with E-state index in [-0.39, 0.29) is 0 Å². The fraction of sp³-hybridized carbons (Fsp3) is 1.00. The first-order chi connectivity index (χ1) is 4.88. The van der Waals surface area contributed by atoms with E-state index in [4.69, 9.17) is 16.3 Å². The highest BCUT2D eigenvalue weighted by molar-refractivity contribution is 6.17. The van der Waals surface area contributed by atoms with Crippen LogP contribution in [0.5, 0.6) is 0 Å². The largest absolute Gasteiger partial charge is 0.370 e. The molecule has 1 heterocycles. The van der Waals surface area contributed by atoms with Crippen LogP contribution in [0.2, 0.25) is 0 Å². The first kappa shape index (κ1) is 8.35. The fourth-order valence-electron chi connectivity index (χ4n) is 1.20. The van der Waals surface area contributed by atoms with Crippen molar-refractivity contribution in [3.63, 3.8) is 0 Å². The van der Waals surface area contributed by atoms with E-state index in [1.807, 2.05) is 0 Å². The summed E-state index contributed by atoms with van der Waals surface area (Å²) in [6.07, 6.45) is 5.90. The summed E-state index contributed by atoms with van der Waals surface area (Å²) in [6, 6.07) is 0. The number of ether oxygens (including phenoxy) is 1. The molecule has 60 valence electrons. The van der Waals surface area contributed by atoms with Crippen molar-refractivity contribution in [2.75, 3.05) is 5.88 Å². The highest BCUT2D eigenvalue weighted by Gasteiger charge is 2.36. The van der Waals surface area contributed by atoms with Gasteiger partial charge in [0.2, 0.25) is 0 Å². The second-order valence-corrected chi connectivity index (χ2v) is 3.21. The molecule has 0 aromatic rings. The third-order valence-corrected chi connectivity index (χ3v) is 2.14. The van der Waals surface area contributed by atoms with Crippen LogP contribution in [0.4, 0.5) is 0 Å². The zero-order valence-electron chi connectivity index (χ0n) is 6.48. The molecule has 1 aliphatic rings. The van der Waals surface area contributed by atoms with Gasteiger partial charge in [-0.1, -0.05) is 19.8 Å². The van der Waals surface area contributed by atoms with E-state index in [2.05, 4.69) is 6.92 Å². The summed E-state index contributed by atoms with van der Waals surface area (Å²) in [7, 11) is 0. The number of hydrogen-bond acceptors (Lipinski definition) is 1. The molecule has 0 amide bonds. The minimum Gasteiger partial charge on any atom is -0.370 e. The van der Waals surface area contributed by atoms with Gasteiger partial charge in [0.1, 0.15) is 0 Å². The molecular formula is C8H15ClO. The Balaban J connectivity index is 1.92. The Kier molecular flexibility index (Phi) is 3.50. The Labute approximate surface area is 67.7 Å². The van der Waals surface area contributed by atoms with Crippen molar-refractivity contribution < 1.29 is 4.74 Å². The second-order valence-electron chi connectivity index (χ2n) is 2.83. The Morgan fingerprint density at radius 1 is 1.30 bits per heavy atom. The average molecular weight is 163 g/mol. The molecule has 10 heavy (non-hydrogen) atoms. The number of hydrogen-bond donors (Lipinski definition) is 0. The van der Waals surface area contributed by atoms with Crippen molar-refractivity contribution in [3.05, 3.63) is 0 Å². The van der Waals surface area contributed by atoms with Gasteiger partial charge in [0, 0.05) is 5.88 Å². The van der Waals surface area contributed by atoms with Crippen LogP contribution in [0.3, 0.4) is 0 Å². The zero-order chi connectivity index (χ0) is 7.40. The molecule has 0 spiro atoms. The number of alkyl halides is 1. The lowest BCUT2D eigenvalue weighted by Crippen LogP contribution is -1.94. The Morgan fingerprint density at radius 3 is 2.60 bits per heavy atom. The predicted octanol–water partition coefficient (Wildman–Crippen LogP) is 2.57. The summed E-state index contributed by atoms with van der Waals surface area (Å²) < 4.78 is 5.38. The highest BCUT2D eigenvalue weighted by atomic mass is 35.5. The smallest absolute Gasteiger partial charge is 0.0853 e. The highest BCUT2D eigenvalue weighted by Crippen LogP contribution is 2.29. The topological polar surface area (TPSA) is 12.5 Å². The Bertz CT molecular complexity index is 95.3. The van der Waals surface area contributed by atoms with E-state index < -0.39 is 0 Å². The summed E-state index contributed by atoms with van der Waals surface area (Å²) in [6.45, 7) is 2.21. The van der Waals surface area contributed by atoms with Crippen LogP contribution in [0, 0.1) is 0 Å². The lowest BCUT2D eigenvalue weighted by atomic mass is 10.1. The van der Waals surface area contributed by atoms with E-state index in [0.29, 0.717) is 12.2 Å². The van der Waals surface area contributed by atoms with Gasteiger partial charge in [-0.3, -0.25) is 0 Å². The van der Waals surface area contributed by atoms with Crippen molar-refractivity contribution in [2.45, 2.75) is 44.8 Å². The van der Waals surface area contributed by atoms with Crippen molar-refractivity contribution in [2.24, 2.45) is 0 Å². The van der Waals surface area contributed by atoms with Crippen LogP contribution in [-0.2, 0) is 4.74 Å². The number of unbranched alkanes of at least 4 members (excludes halogenated alkanes) is 1. The summed E-state index contributed by atoms with van der Waals surface area (Å²) in [4.78, 5) is 0. The van der Waals surface area contributed by atoms with Gasteiger partial charge in [-0.15, -0.1) is 11.6 Å². The minimum atomic E-state index is 0.504. The van der Waals surface area contributed by atoms with Crippen molar-refractivity contribution in [1.82, 2.24) is 0 Å². The molecule has 2 heteroatoms. The van der Waals surface area contributed by atoms with Gasteiger partial charge < -0.3 is 4.74 Å². The van der Waals surface area contributed by atoms with Crippen molar-refractivity contribution in [1.29, 1.82) is 0 Å². The number of epoxide rings is 1. The Morgan fingerprint density at radius 2 is 2.00 bits per heavy atom. The molecule has 0 aromatic carbocycles. The van der Waals surface area contributed by atoms with Crippen LogP contribution in [0.15, 0.2) is 0 Å². The molecular weight excluding hydrogens is 148 g/mol. The van der Waals surface area contributed by atoms with Crippen LogP contribution in [0.25, 0.3) is 0 Å². The monoisotopic (exact) mass is 162 g/mol. The van der Waals surface area contributed by atoms with Gasteiger partial charge in [0.05, 0.1) is 12.2 Å². The van der Waals surface area contributed by atoms with E-state index in [1.165, 1.54) is 19.3 Å². The molecule has 0 radical (unpaired) electrons. The maximum Gasteiger partial charge on any atom is 0.0853 e. The van der Waals surface area contributed by atoms with Crippen LogP contribution in [-0.4, -0.2) is 18.1 Å². The summed E-state index contributed by atoms with van der Waals surface area (Å²) in [5, 5.41) is 0. The van der Waals surface area contributed by atoms with Crippen LogP contribution >= 0.6 is 11.6 Å². The van der Waals surface area contributed by atoms with Gasteiger partial charge in [0.15, 0.2) is 0 Å². The molecule has 0 saturated carbocycles. The van der Waals surface area contributed by atoms with Crippen molar-refractivity contribution in [3.8, 4) is 0 Å². The number of halogens is 1. The maximum atomic E-state index is 5.56. The van der Waals surface area contributed by atoms with E-state index in [1.54, 1.807) is 0 Å². The van der Waals surface area contributed by atoms with Crippen molar-refractivity contribution >= 4 is 11.6 Å². The predicted molar refractivity (Wildman–Crippen MR) is 43.5 cm³/mol. The molecule has 0 unspecified atom stereocenters. The zero-order valence-corrected chi connectivity index (χ0v) is 7.23. The van der Waals surface area contributed by atoms with Gasteiger partial charge in [-0.05, 0) is 12.8 Å². The SMILES string of the molecule is CCCC[C@@H]1O[C@H]1CCCl. The molecule has 1 nitrogen and oxygen atoms in total. The lowest BCUT2D eigenvalue weighted by Gasteiger charge is -1.90. The van der Waals surface area contributed by atoms with Gasteiger partial charge in [-0.25, -0.2) is 0 Å². The third kappa shape index (κ3) is 2.47. The summed E-state index contributed by atoms with van der Waals surface area (Å²) >= 11 is 5.56. The van der Waals surface area contributed by atoms with E-state index >= 15 is 0 Å². The molecule has 0 aromatic heterocycles. The first-order valence-electron chi connectivity index (χ1n) is 4.10. The fourth-order valence-corrected chi connectivity index (χ4v) is 1.41. The number of rotatable bonds is 5. The summed E-state index contributed by atoms with van der Waals surface area (Å²) in [5.41, 5.74) is 0. The molecule has 0 N–H and O–H groups in total. The summed E-state index contributed by atoms with van der Waals surface area (Å²) in [5.74, 6) is 0.743. The maximum absolute atomic E-state index is 5.56. The molecule has 0 aliphatic carbocycles. The van der Waals surface area contributed by atoms with Crippen LogP contribution in [0.1, 0.15) is 32.6 Å². The van der Waals surface area contributed by atoms with E-state index in [9.17, 15) is 0 Å². The molecule has 1 fully saturated rings. The lowest BCUT2D eigenvalue weighted by molar-refractivity contribution is 0.357. The molecule has 0 bridgehead atoms. The Hall–Kier alpha value is 0.250. The molecule has 1 saturated heterocycles. The van der Waals surface area contributed by atoms with Gasteiger partial charge >= 0.3 is 0 Å². The first-order valence-corrected chi connectivity index (χ1v) is 4.63. The quantitative estimate of drug-likeness (QED) is 0.447. The minimum absolute atomic E-state index is 0.504. The third-order valence-electron chi connectivity index (χ3n) is 1.92. The second kappa shape index (κ2) is 4.20. The standard InChI is InChI=1S/C8H15ClO/c1-2-3-4-7-8(10-7)5-6-9/h7-8H,2-6H2,1H3/t7-,8-/m0/s1. The van der Waals surface area contributed by atoms with Gasteiger partial charge in [0.25, 0.3) is 0 Å². The molecule has 1 rings (SSSR count). The van der Waals surface area contributed by atoms with Gasteiger partial charge in [-0.2, -0.15) is 0 Å². The average Bonchev–Trinajstić information content (AvgIpc) is 2.65. The molecule has 2 atom stereocenters.